The first-order valence-electron chi connectivity index (χ1n) is 9.09. The molecule has 152 valence electrons. The molecule has 8 heteroatoms. The Hall–Kier alpha value is -3.16. The fraction of sp³-hybridized carbons (Fsp3) is 0.286. The Bertz CT molecular complexity index is 1010. The number of carbonyl (C=O) groups excluding carboxylic acids is 1. The van der Waals surface area contributed by atoms with Crippen LogP contribution in [0.15, 0.2) is 48.8 Å². The molecular formula is C21H21F3N4O. The molecule has 5 nitrogen and oxygen atoms in total. The average Bonchev–Trinajstić information content (AvgIpc) is 2.96. The van der Waals surface area contributed by atoms with Gasteiger partial charge in [-0.05, 0) is 56.7 Å². The van der Waals surface area contributed by atoms with E-state index >= 15 is 0 Å². The molecule has 0 fully saturated rings. The lowest BCUT2D eigenvalue weighted by Gasteiger charge is -2.14. The van der Waals surface area contributed by atoms with Crippen LogP contribution in [-0.4, -0.2) is 20.7 Å². The second-order valence-corrected chi connectivity index (χ2v) is 6.86. The van der Waals surface area contributed by atoms with E-state index in [-0.39, 0.29) is 18.4 Å². The number of hydrogen-bond acceptors (Lipinski definition) is 3. The minimum atomic E-state index is -4.43. The highest BCUT2D eigenvalue weighted by molar-refractivity contribution is 5.79. The summed E-state index contributed by atoms with van der Waals surface area (Å²) in [5.41, 5.74) is 2.42. The predicted octanol–water partition coefficient (Wildman–Crippen LogP) is 4.32. The maximum atomic E-state index is 13.0. The number of rotatable bonds is 5. The van der Waals surface area contributed by atoms with Gasteiger partial charge < -0.3 is 5.32 Å². The van der Waals surface area contributed by atoms with Gasteiger partial charge in [-0.15, -0.1) is 0 Å². The highest BCUT2D eigenvalue weighted by Crippen LogP contribution is 2.31. The molecule has 0 aliphatic rings. The summed E-state index contributed by atoms with van der Waals surface area (Å²) in [6.45, 7) is 5.36. The number of aryl methyl sites for hydroxylation is 1. The zero-order valence-corrected chi connectivity index (χ0v) is 16.3. The highest BCUT2D eigenvalue weighted by atomic mass is 19.4. The Morgan fingerprint density at radius 2 is 1.86 bits per heavy atom. The fourth-order valence-corrected chi connectivity index (χ4v) is 3.18. The summed E-state index contributed by atoms with van der Waals surface area (Å²) >= 11 is 0. The van der Waals surface area contributed by atoms with Crippen LogP contribution in [0, 0.1) is 13.8 Å². The number of amides is 1. The number of hydrogen-bond donors (Lipinski definition) is 1. The van der Waals surface area contributed by atoms with Crippen molar-refractivity contribution in [2.24, 2.45) is 0 Å². The number of alkyl halides is 3. The van der Waals surface area contributed by atoms with Crippen LogP contribution in [0.2, 0.25) is 0 Å². The van der Waals surface area contributed by atoms with Crippen molar-refractivity contribution in [2.75, 3.05) is 0 Å². The van der Waals surface area contributed by atoms with Gasteiger partial charge in [-0.25, -0.2) is 4.68 Å². The van der Waals surface area contributed by atoms with Crippen molar-refractivity contribution in [1.82, 2.24) is 20.1 Å². The third-order valence-corrected chi connectivity index (χ3v) is 4.78. The SMILES string of the molecule is Cc1nn(-c2cccc(C(F)(F)F)c2)c(C)c1CC(=O)NC(C)c1ccncc1. The fourth-order valence-electron chi connectivity index (χ4n) is 3.18. The normalized spacial score (nSPS) is 12.6. The van der Waals surface area contributed by atoms with E-state index in [1.165, 1.54) is 10.7 Å². The van der Waals surface area contributed by atoms with E-state index in [1.807, 2.05) is 19.1 Å². The Morgan fingerprint density at radius 3 is 2.52 bits per heavy atom. The zero-order chi connectivity index (χ0) is 21.2. The standard InChI is InChI=1S/C21H21F3N4O/c1-13(16-7-9-25-10-8-16)26-20(29)12-19-14(2)27-28(15(19)3)18-6-4-5-17(11-18)21(22,23)24/h4-11,13H,12H2,1-3H3,(H,26,29). The van der Waals surface area contributed by atoms with Crippen molar-refractivity contribution in [3.63, 3.8) is 0 Å². The number of aromatic nitrogens is 3. The summed E-state index contributed by atoms with van der Waals surface area (Å²) < 4.78 is 40.5. The molecule has 2 aromatic heterocycles. The molecule has 0 saturated carbocycles. The van der Waals surface area contributed by atoms with Gasteiger partial charge in [0.05, 0.1) is 29.4 Å². The monoisotopic (exact) mass is 402 g/mol. The first kappa shape index (κ1) is 20.6. The summed E-state index contributed by atoms with van der Waals surface area (Å²) in [6, 6.07) is 8.44. The van der Waals surface area contributed by atoms with Crippen molar-refractivity contribution in [3.05, 3.63) is 76.9 Å². The topological polar surface area (TPSA) is 59.8 Å². The minimum absolute atomic E-state index is 0.0893. The van der Waals surface area contributed by atoms with Crippen molar-refractivity contribution in [3.8, 4) is 5.69 Å². The van der Waals surface area contributed by atoms with Gasteiger partial charge in [0.1, 0.15) is 0 Å². The second-order valence-electron chi connectivity index (χ2n) is 6.86. The van der Waals surface area contributed by atoms with E-state index in [2.05, 4.69) is 15.4 Å². The zero-order valence-electron chi connectivity index (χ0n) is 16.3. The number of pyridine rings is 1. The van der Waals surface area contributed by atoms with E-state index in [4.69, 9.17) is 0 Å². The number of carbonyl (C=O) groups is 1. The van der Waals surface area contributed by atoms with Gasteiger partial charge in [-0.3, -0.25) is 9.78 Å². The molecule has 1 atom stereocenters. The van der Waals surface area contributed by atoms with Crippen LogP contribution in [0.1, 0.15) is 41.0 Å². The highest BCUT2D eigenvalue weighted by Gasteiger charge is 2.30. The Morgan fingerprint density at radius 1 is 1.17 bits per heavy atom. The molecule has 1 aromatic carbocycles. The van der Waals surface area contributed by atoms with Crippen LogP contribution in [0.3, 0.4) is 0 Å². The molecule has 2 heterocycles. The third kappa shape index (κ3) is 4.64. The molecule has 0 bridgehead atoms. The van der Waals surface area contributed by atoms with Gasteiger partial charge in [-0.1, -0.05) is 6.07 Å². The van der Waals surface area contributed by atoms with E-state index in [9.17, 15) is 18.0 Å². The van der Waals surface area contributed by atoms with Gasteiger partial charge in [-0.2, -0.15) is 18.3 Å². The largest absolute Gasteiger partial charge is 0.416 e. The van der Waals surface area contributed by atoms with Crippen LogP contribution in [0.4, 0.5) is 13.2 Å². The molecule has 3 aromatic rings. The first-order valence-corrected chi connectivity index (χ1v) is 9.09. The Labute approximate surface area is 166 Å². The van der Waals surface area contributed by atoms with Crippen LogP contribution in [-0.2, 0) is 17.4 Å². The summed E-state index contributed by atoms with van der Waals surface area (Å²) in [6.07, 6.45) is -1.03. The maximum absolute atomic E-state index is 13.0. The summed E-state index contributed by atoms with van der Waals surface area (Å²) in [5, 5.41) is 7.28. The molecule has 1 unspecified atom stereocenters. The van der Waals surface area contributed by atoms with E-state index in [1.54, 1.807) is 32.3 Å². The molecule has 0 saturated heterocycles. The Kier molecular flexibility index (Phi) is 5.72. The quantitative estimate of drug-likeness (QED) is 0.691. The van der Waals surface area contributed by atoms with Crippen molar-refractivity contribution in [2.45, 2.75) is 39.4 Å². The van der Waals surface area contributed by atoms with Gasteiger partial charge >= 0.3 is 6.18 Å². The molecule has 0 aliphatic heterocycles. The van der Waals surface area contributed by atoms with E-state index in [0.29, 0.717) is 22.6 Å². The average molecular weight is 402 g/mol. The van der Waals surface area contributed by atoms with Gasteiger partial charge in [0.2, 0.25) is 5.91 Å². The lowest BCUT2D eigenvalue weighted by molar-refractivity contribution is -0.137. The minimum Gasteiger partial charge on any atom is -0.349 e. The van der Waals surface area contributed by atoms with E-state index < -0.39 is 11.7 Å². The lowest BCUT2D eigenvalue weighted by atomic mass is 10.1. The number of nitrogens with zero attached hydrogens (tertiary/aromatic N) is 3. The molecular weight excluding hydrogens is 381 g/mol. The summed E-state index contributed by atoms with van der Waals surface area (Å²) in [5.74, 6) is -0.191. The van der Waals surface area contributed by atoms with Gasteiger partial charge in [0.15, 0.2) is 0 Å². The van der Waals surface area contributed by atoms with Crippen molar-refractivity contribution >= 4 is 5.91 Å². The molecule has 29 heavy (non-hydrogen) atoms. The van der Waals surface area contributed by atoms with Crippen LogP contribution >= 0.6 is 0 Å². The molecule has 1 N–H and O–H groups in total. The van der Waals surface area contributed by atoms with Crippen molar-refractivity contribution in [1.29, 1.82) is 0 Å². The Balaban J connectivity index is 1.80. The number of halogens is 3. The summed E-state index contributed by atoms with van der Waals surface area (Å²) in [4.78, 5) is 16.5. The van der Waals surface area contributed by atoms with Crippen LogP contribution in [0.25, 0.3) is 5.69 Å². The van der Waals surface area contributed by atoms with Crippen molar-refractivity contribution < 1.29 is 18.0 Å². The lowest BCUT2D eigenvalue weighted by Crippen LogP contribution is -2.28. The van der Waals surface area contributed by atoms with Crippen LogP contribution in [0.5, 0.6) is 0 Å². The summed E-state index contributed by atoms with van der Waals surface area (Å²) in [7, 11) is 0. The molecule has 0 radical (unpaired) electrons. The molecule has 1 amide bonds. The van der Waals surface area contributed by atoms with Gasteiger partial charge in [0, 0.05) is 23.7 Å². The molecule has 0 spiro atoms. The third-order valence-electron chi connectivity index (χ3n) is 4.78. The number of benzene rings is 1. The maximum Gasteiger partial charge on any atom is 0.416 e. The second kappa shape index (κ2) is 8.06. The smallest absolute Gasteiger partial charge is 0.349 e. The molecule has 0 aliphatic carbocycles. The van der Waals surface area contributed by atoms with Gasteiger partial charge in [0.25, 0.3) is 0 Å². The van der Waals surface area contributed by atoms with E-state index in [0.717, 1.165) is 17.7 Å². The first-order chi connectivity index (χ1) is 13.7. The predicted molar refractivity (Wildman–Crippen MR) is 103 cm³/mol. The molecule has 3 rings (SSSR count). The van der Waals surface area contributed by atoms with Crippen LogP contribution < -0.4 is 5.32 Å². The number of nitrogens with one attached hydrogen (secondary N) is 1.